The number of oxazole rings is 1. The molecule has 2 aromatic carbocycles. The minimum absolute atomic E-state index is 0.00847. The minimum Gasteiger partial charge on any atom is -0.494 e. The second-order valence-corrected chi connectivity index (χ2v) is 7.88. The summed E-state index contributed by atoms with van der Waals surface area (Å²) in [6.07, 6.45) is 1.42. The fourth-order valence-corrected chi connectivity index (χ4v) is 3.74. The summed E-state index contributed by atoms with van der Waals surface area (Å²) in [4.78, 5) is 22.5. The van der Waals surface area contributed by atoms with Crippen molar-refractivity contribution < 1.29 is 23.7 Å². The molecular formula is C25H24ClN3O6. The van der Waals surface area contributed by atoms with Crippen LogP contribution in [0.15, 0.2) is 57.9 Å². The van der Waals surface area contributed by atoms with Crippen LogP contribution in [0, 0.1) is 0 Å². The number of hydrogen-bond donors (Lipinski definition) is 1. The molecule has 1 N–H and O–H groups in total. The highest BCUT2D eigenvalue weighted by Gasteiger charge is 2.24. The molecule has 10 heteroatoms. The van der Waals surface area contributed by atoms with Gasteiger partial charge >= 0.3 is 0 Å². The van der Waals surface area contributed by atoms with Crippen molar-refractivity contribution in [1.82, 2.24) is 14.5 Å². The van der Waals surface area contributed by atoms with Gasteiger partial charge in [0.1, 0.15) is 35.9 Å². The lowest BCUT2D eigenvalue weighted by Crippen LogP contribution is -2.28. The maximum Gasteiger partial charge on any atom is 0.265 e. The highest BCUT2D eigenvalue weighted by molar-refractivity contribution is 6.30. The Kier molecular flexibility index (Phi) is 7.38. The number of rotatable bonds is 9. The second-order valence-electron chi connectivity index (χ2n) is 7.45. The van der Waals surface area contributed by atoms with Gasteiger partial charge in [-0.25, -0.2) is 4.98 Å². The molecule has 0 radical (unpaired) electrons. The Morgan fingerprint density at radius 1 is 1.06 bits per heavy atom. The van der Waals surface area contributed by atoms with Gasteiger partial charge in [0.2, 0.25) is 11.8 Å². The number of aromatic nitrogens is 3. The lowest BCUT2D eigenvalue weighted by molar-refractivity contribution is 0.125. The van der Waals surface area contributed by atoms with E-state index in [9.17, 15) is 9.90 Å². The fraction of sp³-hybridized carbons (Fsp3) is 0.240. The van der Waals surface area contributed by atoms with Gasteiger partial charge in [-0.3, -0.25) is 9.36 Å². The zero-order chi connectivity index (χ0) is 24.9. The van der Waals surface area contributed by atoms with E-state index in [0.29, 0.717) is 40.4 Å². The Labute approximate surface area is 206 Å². The first-order chi connectivity index (χ1) is 17.0. The van der Waals surface area contributed by atoms with Gasteiger partial charge in [-0.15, -0.1) is 0 Å². The van der Waals surface area contributed by atoms with Crippen LogP contribution >= 0.6 is 11.6 Å². The Bertz CT molecular complexity index is 1360. The van der Waals surface area contributed by atoms with Crippen molar-refractivity contribution in [2.24, 2.45) is 0 Å². The summed E-state index contributed by atoms with van der Waals surface area (Å²) in [5, 5.41) is 11.3. The van der Waals surface area contributed by atoms with Crippen LogP contribution in [0.5, 0.6) is 17.4 Å². The van der Waals surface area contributed by atoms with Crippen LogP contribution in [0.25, 0.3) is 17.1 Å². The van der Waals surface area contributed by atoms with E-state index >= 15 is 0 Å². The van der Waals surface area contributed by atoms with E-state index < -0.39 is 11.4 Å². The number of benzene rings is 2. The highest BCUT2D eigenvalue weighted by atomic mass is 35.5. The molecule has 0 saturated heterocycles. The zero-order valence-electron chi connectivity index (χ0n) is 19.4. The van der Waals surface area contributed by atoms with Crippen molar-refractivity contribution in [3.63, 3.8) is 0 Å². The molecule has 9 nitrogen and oxygen atoms in total. The van der Waals surface area contributed by atoms with Crippen molar-refractivity contribution in [2.75, 3.05) is 20.8 Å². The number of methoxy groups -OCH3 is 2. The number of ether oxygens (including phenoxy) is 3. The number of aromatic hydroxyl groups is 1. The molecule has 2 heterocycles. The molecule has 0 spiro atoms. The third kappa shape index (κ3) is 5.01. The van der Waals surface area contributed by atoms with Crippen LogP contribution in [-0.2, 0) is 17.8 Å². The lowest BCUT2D eigenvalue weighted by atomic mass is 10.1. The molecule has 0 saturated carbocycles. The minimum atomic E-state index is -0.508. The standard InChI is InChI=1S/C25H24ClN3O6/c1-4-34-14-21-28-23(30)18(12-17-13-35-24(27-17)15-8-10-16(26)11-9-15)25(31)29(21)22-19(32-2)6-5-7-20(22)33-3/h5-11,13,30H,4,12,14H2,1-3H3. The molecule has 0 aliphatic carbocycles. The third-order valence-corrected chi connectivity index (χ3v) is 5.54. The summed E-state index contributed by atoms with van der Waals surface area (Å²) in [6, 6.07) is 12.2. The zero-order valence-corrected chi connectivity index (χ0v) is 20.2. The third-order valence-electron chi connectivity index (χ3n) is 5.29. The average Bonchev–Trinajstić information content (AvgIpc) is 3.34. The van der Waals surface area contributed by atoms with Gasteiger partial charge in [0.15, 0.2) is 0 Å². The van der Waals surface area contributed by atoms with Crippen molar-refractivity contribution in [3.05, 3.63) is 81.2 Å². The average molecular weight is 498 g/mol. The molecule has 4 aromatic rings. The van der Waals surface area contributed by atoms with Gasteiger partial charge in [0.25, 0.3) is 5.56 Å². The van der Waals surface area contributed by atoms with Gasteiger partial charge in [-0.1, -0.05) is 17.7 Å². The van der Waals surface area contributed by atoms with Gasteiger partial charge < -0.3 is 23.7 Å². The Morgan fingerprint density at radius 2 is 1.74 bits per heavy atom. The number of halogens is 1. The number of hydrogen-bond acceptors (Lipinski definition) is 8. The molecule has 0 unspecified atom stereocenters. The molecule has 35 heavy (non-hydrogen) atoms. The Hall–Kier alpha value is -3.82. The molecule has 0 fully saturated rings. The van der Waals surface area contributed by atoms with E-state index in [4.69, 9.17) is 30.2 Å². The monoisotopic (exact) mass is 497 g/mol. The lowest BCUT2D eigenvalue weighted by Gasteiger charge is -2.19. The fourth-order valence-electron chi connectivity index (χ4n) is 3.61. The largest absolute Gasteiger partial charge is 0.494 e. The molecule has 4 rings (SSSR count). The molecule has 182 valence electrons. The van der Waals surface area contributed by atoms with Crippen molar-refractivity contribution in [3.8, 4) is 34.5 Å². The number of para-hydroxylation sites is 1. The summed E-state index contributed by atoms with van der Waals surface area (Å²) in [5.74, 6) is 0.945. The van der Waals surface area contributed by atoms with Crippen molar-refractivity contribution in [1.29, 1.82) is 0 Å². The molecule has 2 aromatic heterocycles. The Balaban J connectivity index is 1.82. The van der Waals surface area contributed by atoms with Crippen LogP contribution in [0.1, 0.15) is 24.0 Å². The van der Waals surface area contributed by atoms with Crippen LogP contribution in [0.4, 0.5) is 0 Å². The van der Waals surface area contributed by atoms with E-state index in [1.807, 2.05) is 6.92 Å². The highest BCUT2D eigenvalue weighted by Crippen LogP contribution is 2.33. The SMILES string of the molecule is CCOCc1nc(O)c(Cc2coc(-c3ccc(Cl)cc3)n2)c(=O)n1-c1c(OC)cccc1OC. The predicted octanol–water partition coefficient (Wildman–Crippen LogP) is 4.39. The maximum atomic E-state index is 13.8. The molecule has 0 aliphatic heterocycles. The van der Waals surface area contributed by atoms with Gasteiger partial charge in [-0.2, -0.15) is 4.98 Å². The van der Waals surface area contributed by atoms with Crippen molar-refractivity contribution in [2.45, 2.75) is 20.0 Å². The van der Waals surface area contributed by atoms with Crippen LogP contribution in [0.2, 0.25) is 5.02 Å². The smallest absolute Gasteiger partial charge is 0.265 e. The van der Waals surface area contributed by atoms with E-state index in [1.54, 1.807) is 42.5 Å². The molecule has 0 amide bonds. The molecule has 0 bridgehead atoms. The second kappa shape index (κ2) is 10.6. The maximum absolute atomic E-state index is 13.8. The molecular weight excluding hydrogens is 474 g/mol. The predicted molar refractivity (Wildman–Crippen MR) is 130 cm³/mol. The van der Waals surface area contributed by atoms with Crippen LogP contribution in [-0.4, -0.2) is 40.5 Å². The summed E-state index contributed by atoms with van der Waals surface area (Å²) in [6.45, 7) is 2.21. The van der Waals surface area contributed by atoms with E-state index in [-0.39, 0.29) is 24.4 Å². The quantitative estimate of drug-likeness (QED) is 0.362. The van der Waals surface area contributed by atoms with Gasteiger partial charge in [0.05, 0.1) is 25.5 Å². The first kappa shape index (κ1) is 24.3. The summed E-state index contributed by atoms with van der Waals surface area (Å²) >= 11 is 5.95. The topological polar surface area (TPSA) is 109 Å². The van der Waals surface area contributed by atoms with Gasteiger partial charge in [0, 0.05) is 23.6 Å². The van der Waals surface area contributed by atoms with E-state index in [1.165, 1.54) is 25.0 Å². The number of nitrogens with zero attached hydrogens (tertiary/aromatic N) is 3. The molecule has 0 atom stereocenters. The van der Waals surface area contributed by atoms with Crippen molar-refractivity contribution >= 4 is 11.6 Å². The van der Waals surface area contributed by atoms with E-state index in [0.717, 1.165) is 5.56 Å². The first-order valence-corrected chi connectivity index (χ1v) is 11.2. The summed E-state index contributed by atoms with van der Waals surface area (Å²) in [7, 11) is 2.99. The Morgan fingerprint density at radius 3 is 2.37 bits per heavy atom. The summed E-state index contributed by atoms with van der Waals surface area (Å²) < 4.78 is 23.4. The van der Waals surface area contributed by atoms with Crippen LogP contribution < -0.4 is 15.0 Å². The van der Waals surface area contributed by atoms with Gasteiger partial charge in [-0.05, 0) is 43.3 Å². The van der Waals surface area contributed by atoms with Crippen LogP contribution in [0.3, 0.4) is 0 Å². The van der Waals surface area contributed by atoms with E-state index in [2.05, 4.69) is 9.97 Å². The molecule has 0 aliphatic rings. The first-order valence-electron chi connectivity index (χ1n) is 10.8. The normalized spacial score (nSPS) is 11.0. The summed E-state index contributed by atoms with van der Waals surface area (Å²) in [5.41, 5.74) is 1.06.